The van der Waals surface area contributed by atoms with E-state index in [0.717, 1.165) is 12.1 Å². The maximum Gasteiger partial charge on any atom is 0.340 e. The van der Waals surface area contributed by atoms with Crippen LogP contribution in [0.5, 0.6) is 0 Å². The normalized spacial score (nSPS) is 10.5. The Hall–Kier alpha value is -2.19. The fourth-order valence-corrected chi connectivity index (χ4v) is 1.91. The molecule has 0 heterocycles. The second kappa shape index (κ2) is 9.84. The first-order chi connectivity index (χ1) is 11.3. The van der Waals surface area contributed by atoms with Gasteiger partial charge >= 0.3 is 5.97 Å². The highest BCUT2D eigenvalue weighted by molar-refractivity contribution is 6.33. The summed E-state index contributed by atoms with van der Waals surface area (Å²) in [6.07, 6.45) is 0.777. The lowest BCUT2D eigenvalue weighted by Crippen LogP contribution is -2.30. The van der Waals surface area contributed by atoms with Crippen LogP contribution in [0.25, 0.3) is 0 Å². The van der Waals surface area contributed by atoms with Crippen molar-refractivity contribution in [3.63, 3.8) is 0 Å². The smallest absolute Gasteiger partial charge is 0.340 e. The average molecular weight is 359 g/mol. The van der Waals surface area contributed by atoms with Gasteiger partial charge in [-0.3, -0.25) is 14.9 Å². The molecule has 0 aliphatic rings. The number of carbonyl (C=O) groups is 2. The third kappa shape index (κ3) is 6.93. The molecule has 1 N–H and O–H groups in total. The number of nitro groups is 1. The molecule has 24 heavy (non-hydrogen) atoms. The Morgan fingerprint density at radius 3 is 2.67 bits per heavy atom. The number of halogens is 1. The molecule has 0 radical (unpaired) electrons. The molecule has 0 atom stereocenters. The highest BCUT2D eigenvalue weighted by atomic mass is 35.5. The Bertz CT molecular complexity index is 606. The van der Waals surface area contributed by atoms with Crippen LogP contribution in [-0.4, -0.2) is 42.7 Å². The minimum Gasteiger partial charge on any atom is -0.452 e. The molecule has 9 heteroatoms. The lowest BCUT2D eigenvalue weighted by atomic mass is 10.2. The summed E-state index contributed by atoms with van der Waals surface area (Å²) in [6.45, 7) is 4.30. The van der Waals surface area contributed by atoms with Gasteiger partial charge in [-0.15, -0.1) is 0 Å². The number of rotatable bonds is 9. The van der Waals surface area contributed by atoms with Crippen LogP contribution in [-0.2, 0) is 14.3 Å². The van der Waals surface area contributed by atoms with E-state index in [4.69, 9.17) is 21.1 Å². The van der Waals surface area contributed by atoms with Gasteiger partial charge in [0.15, 0.2) is 6.61 Å². The highest BCUT2D eigenvalue weighted by Crippen LogP contribution is 2.23. The average Bonchev–Trinajstić information content (AvgIpc) is 2.51. The van der Waals surface area contributed by atoms with Gasteiger partial charge in [-0.25, -0.2) is 4.79 Å². The SMILES string of the molecule is CC(C)OCCCNC(=O)COC(=O)c1ccc([N+](=O)[O-])cc1Cl. The largest absolute Gasteiger partial charge is 0.452 e. The van der Waals surface area contributed by atoms with Crippen LogP contribution in [0.1, 0.15) is 30.6 Å². The molecule has 0 spiro atoms. The third-order valence-electron chi connectivity index (χ3n) is 2.81. The number of hydrogen-bond acceptors (Lipinski definition) is 6. The zero-order valence-corrected chi connectivity index (χ0v) is 14.2. The van der Waals surface area contributed by atoms with E-state index in [0.29, 0.717) is 19.6 Å². The topological polar surface area (TPSA) is 108 Å². The van der Waals surface area contributed by atoms with Gasteiger partial charge in [0.25, 0.3) is 11.6 Å². The Labute approximate surface area is 144 Å². The first-order valence-corrected chi connectivity index (χ1v) is 7.68. The van der Waals surface area contributed by atoms with E-state index in [1.165, 1.54) is 6.07 Å². The number of nitrogens with zero attached hydrogens (tertiary/aromatic N) is 1. The fraction of sp³-hybridized carbons (Fsp3) is 0.467. The molecule has 0 aliphatic carbocycles. The van der Waals surface area contributed by atoms with E-state index in [1.807, 2.05) is 13.8 Å². The summed E-state index contributed by atoms with van der Waals surface area (Å²) in [7, 11) is 0. The van der Waals surface area contributed by atoms with Gasteiger partial charge in [0, 0.05) is 25.3 Å². The lowest BCUT2D eigenvalue weighted by molar-refractivity contribution is -0.384. The van der Waals surface area contributed by atoms with Crippen LogP contribution in [0.15, 0.2) is 18.2 Å². The number of benzene rings is 1. The van der Waals surface area contributed by atoms with Crippen LogP contribution in [0.2, 0.25) is 5.02 Å². The molecule has 8 nitrogen and oxygen atoms in total. The van der Waals surface area contributed by atoms with Crippen molar-refractivity contribution >= 4 is 29.2 Å². The molecule has 1 aromatic carbocycles. The van der Waals surface area contributed by atoms with E-state index in [-0.39, 0.29) is 22.4 Å². The molecule has 1 amide bonds. The Morgan fingerprint density at radius 2 is 2.08 bits per heavy atom. The van der Waals surface area contributed by atoms with Crippen molar-refractivity contribution < 1.29 is 24.0 Å². The van der Waals surface area contributed by atoms with E-state index < -0.39 is 23.4 Å². The first-order valence-electron chi connectivity index (χ1n) is 7.30. The molecule has 132 valence electrons. The van der Waals surface area contributed by atoms with Gasteiger partial charge < -0.3 is 14.8 Å². The minimum atomic E-state index is -0.826. The van der Waals surface area contributed by atoms with E-state index in [9.17, 15) is 19.7 Å². The molecule has 0 aliphatic heterocycles. The van der Waals surface area contributed by atoms with Crippen LogP contribution in [0.3, 0.4) is 0 Å². The van der Waals surface area contributed by atoms with Gasteiger partial charge in [-0.2, -0.15) is 0 Å². The fourth-order valence-electron chi connectivity index (χ4n) is 1.66. The molecule has 1 rings (SSSR count). The summed E-state index contributed by atoms with van der Waals surface area (Å²) in [4.78, 5) is 33.4. The molecule has 0 saturated carbocycles. The van der Waals surface area contributed by atoms with Gasteiger partial charge in [0.05, 0.1) is 21.6 Å². The van der Waals surface area contributed by atoms with E-state index >= 15 is 0 Å². The second-order valence-corrected chi connectivity index (χ2v) is 5.53. The minimum absolute atomic E-state index is 0.0413. The van der Waals surface area contributed by atoms with Crippen molar-refractivity contribution in [2.45, 2.75) is 26.4 Å². The standard InChI is InChI=1S/C15H19ClN2O6/c1-10(2)23-7-3-6-17-14(19)9-24-15(20)12-5-4-11(18(21)22)8-13(12)16/h4-5,8,10H,3,6-7,9H2,1-2H3,(H,17,19). The number of esters is 1. The molecular formula is C15H19ClN2O6. The summed E-state index contributed by atoms with van der Waals surface area (Å²) in [6, 6.07) is 3.37. The zero-order chi connectivity index (χ0) is 18.1. The summed E-state index contributed by atoms with van der Waals surface area (Å²) >= 11 is 5.81. The van der Waals surface area contributed by atoms with Crippen molar-refractivity contribution in [2.75, 3.05) is 19.8 Å². The van der Waals surface area contributed by atoms with E-state index in [1.54, 1.807) is 0 Å². The van der Waals surface area contributed by atoms with Gasteiger partial charge in [-0.05, 0) is 26.3 Å². The number of nitrogens with one attached hydrogen (secondary N) is 1. The molecule has 1 aromatic rings. The molecular weight excluding hydrogens is 340 g/mol. The number of nitro benzene ring substituents is 1. The number of hydrogen-bond donors (Lipinski definition) is 1. The predicted molar refractivity (Wildman–Crippen MR) is 87.1 cm³/mol. The first kappa shape index (κ1) is 19.9. The van der Waals surface area contributed by atoms with Crippen molar-refractivity contribution in [3.8, 4) is 0 Å². The van der Waals surface area contributed by atoms with Crippen LogP contribution in [0.4, 0.5) is 5.69 Å². The Morgan fingerprint density at radius 1 is 1.38 bits per heavy atom. The zero-order valence-electron chi connectivity index (χ0n) is 13.4. The van der Waals surface area contributed by atoms with Gasteiger partial charge in [-0.1, -0.05) is 11.6 Å². The van der Waals surface area contributed by atoms with Crippen LogP contribution >= 0.6 is 11.6 Å². The molecule has 0 aromatic heterocycles. The second-order valence-electron chi connectivity index (χ2n) is 5.12. The Balaban J connectivity index is 2.38. The third-order valence-corrected chi connectivity index (χ3v) is 3.12. The van der Waals surface area contributed by atoms with Crippen molar-refractivity contribution in [1.29, 1.82) is 0 Å². The van der Waals surface area contributed by atoms with Gasteiger partial charge in [0.1, 0.15) is 0 Å². The molecule has 0 fully saturated rings. The maximum absolute atomic E-state index is 11.8. The molecule has 0 unspecified atom stereocenters. The molecule has 0 saturated heterocycles. The summed E-state index contributed by atoms with van der Waals surface area (Å²) in [5.41, 5.74) is -0.279. The monoisotopic (exact) mass is 358 g/mol. The predicted octanol–water partition coefficient (Wildman–Crippen LogP) is 2.34. The summed E-state index contributed by atoms with van der Waals surface area (Å²) < 4.78 is 10.1. The van der Waals surface area contributed by atoms with Crippen molar-refractivity contribution in [3.05, 3.63) is 38.9 Å². The summed E-state index contributed by atoms with van der Waals surface area (Å²) in [5, 5.41) is 13.1. The van der Waals surface area contributed by atoms with E-state index in [2.05, 4.69) is 5.32 Å². The number of non-ortho nitro benzene ring substituents is 1. The number of amides is 1. The number of ether oxygens (including phenoxy) is 2. The van der Waals surface area contributed by atoms with Crippen LogP contribution < -0.4 is 5.32 Å². The van der Waals surface area contributed by atoms with Crippen LogP contribution in [0, 0.1) is 10.1 Å². The quantitative estimate of drug-likeness (QED) is 0.314. The van der Waals surface area contributed by atoms with Crippen molar-refractivity contribution in [1.82, 2.24) is 5.32 Å². The van der Waals surface area contributed by atoms with Gasteiger partial charge in [0.2, 0.25) is 0 Å². The maximum atomic E-state index is 11.8. The summed E-state index contributed by atoms with van der Waals surface area (Å²) in [5.74, 6) is -1.28. The lowest BCUT2D eigenvalue weighted by Gasteiger charge is -2.09. The number of carbonyl (C=O) groups excluding carboxylic acids is 2. The van der Waals surface area contributed by atoms with Crippen molar-refractivity contribution in [2.24, 2.45) is 0 Å². The molecule has 0 bridgehead atoms. The Kier molecular flexibility index (Phi) is 8.14. The highest BCUT2D eigenvalue weighted by Gasteiger charge is 2.17.